The molecule has 0 radical (unpaired) electrons. The fraction of sp³-hybridized carbons (Fsp3) is 0.0625. The number of hydrogen-bond acceptors (Lipinski definition) is 2. The highest BCUT2D eigenvalue weighted by Crippen LogP contribution is 2.46. The van der Waals surface area contributed by atoms with E-state index in [1.165, 1.54) is 65.3 Å². The maximum atomic E-state index is 2.48. The zero-order valence-electron chi connectivity index (χ0n) is 37.8. The molecule has 0 aliphatic heterocycles. The highest BCUT2D eigenvalue weighted by atomic mass is 15.2. The quantitative estimate of drug-likeness (QED) is 0.0769. The van der Waals surface area contributed by atoms with E-state index in [2.05, 4.69) is 268 Å². The standard InChI is InChI=1S/C64H50N2/c1-43-24-32-52(33-25-43)65(53-34-26-44(2)27-35-53)60(47-14-7-5-8-15-47)41-51-40-50-20-13-22-57-56-21-11-18-49-19-12-23-58(62(49)56)64(63(50)57)59(51)42-61(48-16-9-6-10-17-48)66(54-36-28-45(3)29-37-54)55-38-30-46(4)31-39-55/h5-42H,1-4H3. The fourth-order valence-corrected chi connectivity index (χ4v) is 9.73. The lowest BCUT2D eigenvalue weighted by Crippen LogP contribution is -2.16. The van der Waals surface area contributed by atoms with E-state index >= 15 is 0 Å². The Morgan fingerprint density at radius 2 is 0.697 bits per heavy atom. The third kappa shape index (κ3) is 7.47. The van der Waals surface area contributed by atoms with E-state index in [-0.39, 0.29) is 0 Å². The molecule has 316 valence electrons. The first kappa shape index (κ1) is 40.6. The van der Waals surface area contributed by atoms with Crippen molar-refractivity contribution in [3.05, 3.63) is 263 Å². The van der Waals surface area contributed by atoms with Crippen LogP contribution in [0, 0.1) is 27.7 Å². The highest BCUT2D eigenvalue weighted by molar-refractivity contribution is 6.35. The molecule has 0 amide bonds. The van der Waals surface area contributed by atoms with Crippen LogP contribution < -0.4 is 9.80 Å². The van der Waals surface area contributed by atoms with Gasteiger partial charge < -0.3 is 9.80 Å². The summed E-state index contributed by atoms with van der Waals surface area (Å²) in [5, 5.41) is 10.0. The smallest absolute Gasteiger partial charge is 0.0540 e. The van der Waals surface area contributed by atoms with Crippen molar-refractivity contribution in [1.82, 2.24) is 0 Å². The predicted octanol–water partition coefficient (Wildman–Crippen LogP) is 17.6. The van der Waals surface area contributed by atoms with Gasteiger partial charge in [0.25, 0.3) is 0 Å². The summed E-state index contributed by atoms with van der Waals surface area (Å²) in [5.41, 5.74) is 15.9. The molecule has 0 heterocycles. The molecule has 2 heteroatoms. The van der Waals surface area contributed by atoms with Crippen molar-refractivity contribution in [2.75, 3.05) is 9.80 Å². The molecule has 0 N–H and O–H groups in total. The van der Waals surface area contributed by atoms with Crippen molar-refractivity contribution in [3.63, 3.8) is 0 Å². The van der Waals surface area contributed by atoms with Crippen LogP contribution in [0.2, 0.25) is 0 Å². The van der Waals surface area contributed by atoms with E-state index < -0.39 is 0 Å². The van der Waals surface area contributed by atoms with Crippen molar-refractivity contribution in [2.24, 2.45) is 0 Å². The summed E-state index contributed by atoms with van der Waals surface area (Å²) >= 11 is 0. The third-order valence-corrected chi connectivity index (χ3v) is 13.1. The second-order valence-electron chi connectivity index (χ2n) is 17.7. The molecule has 0 atom stereocenters. The van der Waals surface area contributed by atoms with Crippen LogP contribution in [0.1, 0.15) is 44.5 Å². The molecule has 0 aliphatic rings. The molecule has 0 saturated carbocycles. The van der Waals surface area contributed by atoms with Crippen LogP contribution in [0.5, 0.6) is 0 Å². The van der Waals surface area contributed by atoms with E-state index in [0.29, 0.717) is 0 Å². The van der Waals surface area contributed by atoms with Gasteiger partial charge in [0.15, 0.2) is 0 Å². The Kier molecular flexibility index (Phi) is 10.5. The predicted molar refractivity (Wildman–Crippen MR) is 285 cm³/mol. The molecule has 0 aromatic heterocycles. The van der Waals surface area contributed by atoms with Crippen LogP contribution >= 0.6 is 0 Å². The van der Waals surface area contributed by atoms with E-state index in [4.69, 9.17) is 0 Å². The Morgan fingerprint density at radius 1 is 0.318 bits per heavy atom. The van der Waals surface area contributed by atoms with Crippen LogP contribution in [-0.4, -0.2) is 0 Å². The second-order valence-corrected chi connectivity index (χ2v) is 17.7. The summed E-state index contributed by atoms with van der Waals surface area (Å²) < 4.78 is 0. The van der Waals surface area contributed by atoms with E-state index in [0.717, 1.165) is 56.4 Å². The third-order valence-electron chi connectivity index (χ3n) is 13.1. The summed E-state index contributed by atoms with van der Waals surface area (Å²) in [4.78, 5) is 4.86. The fourth-order valence-electron chi connectivity index (χ4n) is 9.73. The molecule has 2 nitrogen and oxygen atoms in total. The average molecular weight is 847 g/mol. The number of hydrogen-bond donors (Lipinski definition) is 0. The number of anilines is 4. The van der Waals surface area contributed by atoms with Crippen molar-refractivity contribution < 1.29 is 0 Å². The summed E-state index contributed by atoms with van der Waals surface area (Å²) in [6, 6.07) is 80.3. The molecule has 0 bridgehead atoms. The Hall–Kier alpha value is -8.20. The van der Waals surface area contributed by atoms with Gasteiger partial charge >= 0.3 is 0 Å². The molecule has 0 aliphatic carbocycles. The molecule has 11 aromatic carbocycles. The minimum Gasteiger partial charge on any atom is -0.310 e. The Labute approximate surface area is 388 Å². The molecular formula is C64H50N2. The van der Waals surface area contributed by atoms with Gasteiger partial charge in [0.2, 0.25) is 0 Å². The zero-order chi connectivity index (χ0) is 44.7. The van der Waals surface area contributed by atoms with Crippen molar-refractivity contribution in [2.45, 2.75) is 27.7 Å². The number of nitrogens with zero attached hydrogens (tertiary/aromatic N) is 2. The normalized spacial score (nSPS) is 12.1. The summed E-state index contributed by atoms with van der Waals surface area (Å²) in [6.07, 6.45) is 4.92. The largest absolute Gasteiger partial charge is 0.310 e. The highest BCUT2D eigenvalue weighted by Gasteiger charge is 2.24. The van der Waals surface area contributed by atoms with Gasteiger partial charge in [0.1, 0.15) is 0 Å². The second kappa shape index (κ2) is 17.1. The van der Waals surface area contributed by atoms with Gasteiger partial charge in [-0.3, -0.25) is 0 Å². The van der Waals surface area contributed by atoms with Gasteiger partial charge in [-0.2, -0.15) is 0 Å². The van der Waals surface area contributed by atoms with Gasteiger partial charge in [-0.05, 0) is 160 Å². The Bertz CT molecular complexity index is 3470. The molecule has 0 fully saturated rings. The van der Waals surface area contributed by atoms with E-state index in [9.17, 15) is 0 Å². The van der Waals surface area contributed by atoms with Crippen LogP contribution in [0.15, 0.2) is 218 Å². The van der Waals surface area contributed by atoms with Crippen LogP contribution in [0.25, 0.3) is 66.6 Å². The SMILES string of the molecule is Cc1ccc(N(C(=Cc2cc3cccc4c5cccc6cccc(c(c2C=C(c2ccccc2)N(c2ccc(C)cc2)c2ccc(C)cc2)c34)c65)c2ccccc2)c2ccc(C)cc2)cc1. The van der Waals surface area contributed by atoms with Gasteiger partial charge in [-0.1, -0.05) is 186 Å². The minimum atomic E-state index is 1.07. The number of rotatable bonds is 10. The first-order valence-electron chi connectivity index (χ1n) is 22.9. The zero-order valence-corrected chi connectivity index (χ0v) is 37.8. The van der Waals surface area contributed by atoms with Crippen molar-refractivity contribution in [1.29, 1.82) is 0 Å². The molecule has 0 unspecified atom stereocenters. The van der Waals surface area contributed by atoms with E-state index in [1.54, 1.807) is 0 Å². The van der Waals surface area contributed by atoms with Gasteiger partial charge in [0, 0.05) is 22.7 Å². The first-order chi connectivity index (χ1) is 32.4. The first-order valence-corrected chi connectivity index (χ1v) is 22.9. The Morgan fingerprint density at radius 3 is 1.14 bits per heavy atom. The molecule has 0 saturated heterocycles. The summed E-state index contributed by atoms with van der Waals surface area (Å²) in [6.45, 7) is 8.62. The average Bonchev–Trinajstić information content (AvgIpc) is 3.35. The van der Waals surface area contributed by atoms with Crippen LogP contribution in [0.3, 0.4) is 0 Å². The lowest BCUT2D eigenvalue weighted by molar-refractivity contribution is 1.28. The topological polar surface area (TPSA) is 6.48 Å². The molecule has 0 spiro atoms. The molecule has 66 heavy (non-hydrogen) atoms. The lowest BCUT2D eigenvalue weighted by atomic mass is 9.85. The van der Waals surface area contributed by atoms with Gasteiger partial charge in [-0.25, -0.2) is 0 Å². The lowest BCUT2D eigenvalue weighted by Gasteiger charge is -2.30. The number of fused-ring (bicyclic) bond motifs is 2. The van der Waals surface area contributed by atoms with Crippen molar-refractivity contribution in [3.8, 4) is 0 Å². The van der Waals surface area contributed by atoms with Crippen LogP contribution in [0.4, 0.5) is 22.7 Å². The summed E-state index contributed by atoms with van der Waals surface area (Å²) in [7, 11) is 0. The number of aryl methyl sites for hydroxylation is 4. The maximum absolute atomic E-state index is 2.48. The maximum Gasteiger partial charge on any atom is 0.0540 e. The van der Waals surface area contributed by atoms with Crippen molar-refractivity contribution >= 4 is 89.4 Å². The summed E-state index contributed by atoms with van der Waals surface area (Å²) in [5.74, 6) is 0. The minimum absolute atomic E-state index is 1.07. The van der Waals surface area contributed by atoms with Gasteiger partial charge in [0.05, 0.1) is 11.4 Å². The molecule has 11 aromatic rings. The van der Waals surface area contributed by atoms with Gasteiger partial charge in [-0.15, -0.1) is 0 Å². The van der Waals surface area contributed by atoms with E-state index in [1.807, 2.05) is 0 Å². The molecular weight excluding hydrogens is 797 g/mol. The Balaban J connectivity index is 1.32. The van der Waals surface area contributed by atoms with Crippen LogP contribution in [-0.2, 0) is 0 Å². The number of benzene rings is 11. The molecule has 11 rings (SSSR count). The monoisotopic (exact) mass is 846 g/mol.